The van der Waals surface area contributed by atoms with E-state index in [2.05, 4.69) is 16.0 Å². The van der Waals surface area contributed by atoms with Gasteiger partial charge < -0.3 is 10.6 Å². The Morgan fingerprint density at radius 1 is 0.744 bits per heavy atom. The van der Waals surface area contributed by atoms with E-state index >= 15 is 0 Å². The predicted octanol–water partition coefficient (Wildman–Crippen LogP) is 5.09. The van der Waals surface area contributed by atoms with Crippen molar-refractivity contribution in [3.8, 4) is 0 Å². The second-order valence-corrected chi connectivity index (χ2v) is 10.8. The molecule has 1 saturated heterocycles. The summed E-state index contributed by atoms with van der Waals surface area (Å²) in [6, 6.07) is 30.7. The molecule has 3 heterocycles. The molecule has 1 fully saturated rings. The van der Waals surface area contributed by atoms with E-state index in [-0.39, 0.29) is 17.6 Å². The van der Waals surface area contributed by atoms with Crippen LogP contribution in [0.3, 0.4) is 0 Å². The Bertz CT molecular complexity index is 1660. The highest BCUT2D eigenvalue weighted by Gasteiger charge is 2.74. The third-order valence-corrected chi connectivity index (χ3v) is 8.69. The Hall–Kier alpha value is -4.26. The van der Waals surface area contributed by atoms with Crippen LogP contribution >= 0.6 is 11.6 Å². The minimum atomic E-state index is -1.53. The van der Waals surface area contributed by atoms with Gasteiger partial charge in [0.25, 0.3) is 0 Å². The normalized spacial score (nSPS) is 26.4. The van der Waals surface area contributed by atoms with Crippen LogP contribution in [-0.2, 0) is 27.0 Å². The van der Waals surface area contributed by atoms with Crippen LogP contribution in [0.25, 0.3) is 0 Å². The fourth-order valence-electron chi connectivity index (χ4n) is 6.91. The van der Waals surface area contributed by atoms with Gasteiger partial charge in [-0.05, 0) is 41.8 Å². The molecule has 7 rings (SSSR count). The Morgan fingerprint density at radius 3 is 2.15 bits per heavy atom. The van der Waals surface area contributed by atoms with Crippen molar-refractivity contribution in [2.24, 2.45) is 5.92 Å². The van der Waals surface area contributed by atoms with Crippen LogP contribution < -0.4 is 16.0 Å². The molecule has 6 nitrogen and oxygen atoms in total. The van der Waals surface area contributed by atoms with Crippen molar-refractivity contribution in [3.63, 3.8) is 0 Å². The van der Waals surface area contributed by atoms with Gasteiger partial charge in [-0.25, -0.2) is 0 Å². The number of amides is 2. The molecule has 0 aromatic heterocycles. The fraction of sp³-hybridized carbons (Fsp3) is 0.156. The van der Waals surface area contributed by atoms with Gasteiger partial charge in [-0.1, -0.05) is 90.5 Å². The Morgan fingerprint density at radius 2 is 1.38 bits per heavy atom. The zero-order valence-electron chi connectivity index (χ0n) is 20.8. The van der Waals surface area contributed by atoms with E-state index in [0.29, 0.717) is 39.5 Å². The minimum Gasteiger partial charge on any atom is -0.325 e. The second kappa shape index (κ2) is 8.63. The van der Waals surface area contributed by atoms with Crippen LogP contribution in [0.5, 0.6) is 0 Å². The Kier molecular flexibility index (Phi) is 5.27. The standard InChI is InChI=1S/C32H24ClN3O3/c33-21-15-16-25-23(18-21)32(30(39)35-25)28(27(37)20-11-5-2-6-12-20)31(22-13-7-8-14-24(22)34-29(31)38)26(36-32)17-19-9-3-1-4-10-19/h1-16,18,26,28,36H,17H2,(H,34,38)(H,35,39)/t26-,28-,31+,32-/m0/s1. The van der Waals surface area contributed by atoms with E-state index in [1.54, 1.807) is 42.5 Å². The summed E-state index contributed by atoms with van der Waals surface area (Å²) in [5, 5.41) is 10.1. The molecule has 4 aromatic rings. The van der Waals surface area contributed by atoms with E-state index in [9.17, 15) is 14.4 Å². The molecule has 0 saturated carbocycles. The molecule has 4 aromatic carbocycles. The number of hydrogen-bond donors (Lipinski definition) is 3. The number of benzene rings is 4. The minimum absolute atomic E-state index is 0.284. The summed E-state index contributed by atoms with van der Waals surface area (Å²) in [7, 11) is 0. The molecule has 0 radical (unpaired) electrons. The van der Waals surface area contributed by atoms with E-state index in [4.69, 9.17) is 11.6 Å². The smallest absolute Gasteiger partial charge is 0.250 e. The van der Waals surface area contributed by atoms with Gasteiger partial charge in [0.1, 0.15) is 11.0 Å². The highest BCUT2D eigenvalue weighted by molar-refractivity contribution is 6.31. The lowest BCUT2D eigenvalue weighted by Gasteiger charge is -2.36. The molecule has 0 aliphatic carbocycles. The topological polar surface area (TPSA) is 87.3 Å². The molecule has 3 N–H and O–H groups in total. The molecule has 3 aliphatic rings. The lowest BCUT2D eigenvalue weighted by Crippen LogP contribution is -2.54. The number of rotatable bonds is 4. The van der Waals surface area contributed by atoms with Gasteiger partial charge in [-0.3, -0.25) is 19.7 Å². The van der Waals surface area contributed by atoms with Crippen LogP contribution in [0.4, 0.5) is 11.4 Å². The number of carbonyl (C=O) groups is 3. The highest BCUT2D eigenvalue weighted by atomic mass is 35.5. The van der Waals surface area contributed by atoms with Gasteiger partial charge in [-0.15, -0.1) is 0 Å². The number of para-hydroxylation sites is 1. The second-order valence-electron chi connectivity index (χ2n) is 10.4. The maximum Gasteiger partial charge on any atom is 0.250 e. The number of hydrogen-bond acceptors (Lipinski definition) is 4. The summed E-state index contributed by atoms with van der Waals surface area (Å²) in [5.74, 6) is -2.05. The van der Waals surface area contributed by atoms with Crippen LogP contribution in [0, 0.1) is 5.92 Å². The molecule has 2 spiro atoms. The number of Topliss-reactive ketones (excluding diaryl/α,β-unsaturated/α-hetero) is 1. The predicted molar refractivity (Wildman–Crippen MR) is 150 cm³/mol. The molecule has 0 unspecified atom stereocenters. The molecule has 3 aliphatic heterocycles. The van der Waals surface area contributed by atoms with Crippen molar-refractivity contribution in [3.05, 3.63) is 130 Å². The van der Waals surface area contributed by atoms with Crippen molar-refractivity contribution in [2.45, 2.75) is 23.4 Å². The molecule has 7 heteroatoms. The van der Waals surface area contributed by atoms with Gasteiger partial charge in [0.05, 0.1) is 5.92 Å². The molecular formula is C32H24ClN3O3. The number of anilines is 2. The number of carbonyl (C=O) groups excluding carboxylic acids is 3. The van der Waals surface area contributed by atoms with Crippen LogP contribution in [0.1, 0.15) is 27.0 Å². The van der Waals surface area contributed by atoms with E-state index < -0.39 is 22.9 Å². The molecule has 0 bridgehead atoms. The largest absolute Gasteiger partial charge is 0.325 e. The number of nitrogens with one attached hydrogen (secondary N) is 3. The van der Waals surface area contributed by atoms with Crippen molar-refractivity contribution in [1.29, 1.82) is 0 Å². The third kappa shape index (κ3) is 3.22. The summed E-state index contributed by atoms with van der Waals surface area (Å²) < 4.78 is 0. The van der Waals surface area contributed by atoms with Gasteiger partial charge in [0, 0.05) is 33.6 Å². The lowest BCUT2D eigenvalue weighted by molar-refractivity contribution is -0.124. The average molecular weight is 534 g/mol. The van der Waals surface area contributed by atoms with Crippen molar-refractivity contribution in [2.75, 3.05) is 10.6 Å². The summed E-state index contributed by atoms with van der Waals surface area (Å²) in [5.41, 5.74) is 1.02. The monoisotopic (exact) mass is 533 g/mol. The Balaban J connectivity index is 1.55. The fourth-order valence-corrected chi connectivity index (χ4v) is 7.08. The summed E-state index contributed by atoms with van der Waals surface area (Å²) >= 11 is 6.47. The highest BCUT2D eigenvalue weighted by Crippen LogP contribution is 2.60. The molecule has 39 heavy (non-hydrogen) atoms. The van der Waals surface area contributed by atoms with Crippen molar-refractivity contribution >= 4 is 40.6 Å². The molecule has 192 valence electrons. The molecular weight excluding hydrogens is 510 g/mol. The van der Waals surface area contributed by atoms with Gasteiger partial charge in [0.2, 0.25) is 11.8 Å². The first-order valence-electron chi connectivity index (χ1n) is 12.9. The first kappa shape index (κ1) is 23.8. The van der Waals surface area contributed by atoms with E-state index in [1.807, 2.05) is 60.7 Å². The quantitative estimate of drug-likeness (QED) is 0.319. The Labute approximate surface area is 230 Å². The van der Waals surface area contributed by atoms with Gasteiger partial charge >= 0.3 is 0 Å². The van der Waals surface area contributed by atoms with Gasteiger partial charge in [-0.2, -0.15) is 0 Å². The summed E-state index contributed by atoms with van der Waals surface area (Å²) in [6.45, 7) is 0. The lowest BCUT2D eigenvalue weighted by atomic mass is 9.60. The first-order valence-corrected chi connectivity index (χ1v) is 13.3. The number of fused-ring (bicyclic) bond motifs is 4. The number of ketones is 1. The zero-order chi connectivity index (χ0) is 26.8. The molecule has 4 atom stereocenters. The van der Waals surface area contributed by atoms with Crippen LogP contribution in [0.15, 0.2) is 103 Å². The average Bonchev–Trinajstić information content (AvgIpc) is 3.53. The molecule has 2 amide bonds. The van der Waals surface area contributed by atoms with Gasteiger partial charge in [0.15, 0.2) is 5.78 Å². The van der Waals surface area contributed by atoms with Crippen LogP contribution in [0.2, 0.25) is 5.02 Å². The zero-order valence-corrected chi connectivity index (χ0v) is 21.5. The first-order chi connectivity index (χ1) is 19.0. The van der Waals surface area contributed by atoms with Crippen molar-refractivity contribution in [1.82, 2.24) is 5.32 Å². The maximum absolute atomic E-state index is 14.7. The third-order valence-electron chi connectivity index (χ3n) is 8.45. The summed E-state index contributed by atoms with van der Waals surface area (Å²) in [4.78, 5) is 43.3. The maximum atomic E-state index is 14.7. The van der Waals surface area contributed by atoms with Crippen molar-refractivity contribution < 1.29 is 14.4 Å². The summed E-state index contributed by atoms with van der Waals surface area (Å²) in [6.07, 6.45) is 0.423. The van der Waals surface area contributed by atoms with Crippen LogP contribution in [-0.4, -0.2) is 23.6 Å². The van der Waals surface area contributed by atoms with E-state index in [1.165, 1.54) is 0 Å². The van der Waals surface area contributed by atoms with E-state index in [0.717, 1.165) is 5.56 Å². The number of halogens is 1. The SMILES string of the molecule is O=C(c1ccccc1)[C@H]1[C@]2(C(=O)Nc3ccccc32)[C@H](Cc2ccccc2)N[C@]12C(=O)Nc1ccc(Cl)cc12.